The molecule has 0 spiro atoms. The highest BCUT2D eigenvalue weighted by atomic mass is 19.4. The molecule has 3 heterocycles. The zero-order valence-electron chi connectivity index (χ0n) is 17.1. The number of morpholine rings is 1. The van der Waals surface area contributed by atoms with Crippen molar-refractivity contribution in [3.63, 3.8) is 0 Å². The number of fused-ring (bicyclic) bond motifs is 1. The molecule has 1 fully saturated rings. The normalized spacial score (nSPS) is 21.8. The van der Waals surface area contributed by atoms with E-state index in [9.17, 15) is 22.4 Å². The lowest BCUT2D eigenvalue weighted by Crippen LogP contribution is -2.53. The van der Waals surface area contributed by atoms with Gasteiger partial charge in [-0.1, -0.05) is 12.1 Å². The number of rotatable bonds is 4. The molecule has 0 amide bonds. The quantitative estimate of drug-likeness (QED) is 0.685. The third-order valence-corrected chi connectivity index (χ3v) is 5.83. The predicted octanol–water partition coefficient (Wildman–Crippen LogP) is 2.99. The van der Waals surface area contributed by atoms with Gasteiger partial charge in [0.05, 0.1) is 19.3 Å². The van der Waals surface area contributed by atoms with Crippen LogP contribution in [0.2, 0.25) is 0 Å². The fourth-order valence-corrected chi connectivity index (χ4v) is 4.17. The number of hydrogen-bond donors (Lipinski definition) is 0. The second kappa shape index (κ2) is 8.49. The highest BCUT2D eigenvalue weighted by Crippen LogP contribution is 2.34. The van der Waals surface area contributed by atoms with Gasteiger partial charge in [-0.15, -0.1) is 0 Å². The molecule has 0 saturated carbocycles. The van der Waals surface area contributed by atoms with Gasteiger partial charge in [0.2, 0.25) is 5.95 Å². The van der Waals surface area contributed by atoms with Crippen molar-refractivity contribution in [2.24, 2.45) is 0 Å². The lowest BCUT2D eigenvalue weighted by atomic mass is 10.1. The molecule has 0 bridgehead atoms. The van der Waals surface area contributed by atoms with Gasteiger partial charge < -0.3 is 14.5 Å². The highest BCUT2D eigenvalue weighted by Gasteiger charge is 2.46. The van der Waals surface area contributed by atoms with Gasteiger partial charge in [-0.05, 0) is 37.5 Å². The molecule has 6 nitrogen and oxygen atoms in total. The van der Waals surface area contributed by atoms with Gasteiger partial charge in [0.1, 0.15) is 17.7 Å². The summed E-state index contributed by atoms with van der Waals surface area (Å²) in [6.45, 7) is 3.31. The lowest BCUT2D eigenvalue weighted by Gasteiger charge is -2.40. The van der Waals surface area contributed by atoms with Crippen LogP contribution >= 0.6 is 0 Å². The van der Waals surface area contributed by atoms with Crippen molar-refractivity contribution in [1.82, 2.24) is 9.55 Å². The molecule has 1 aromatic heterocycles. The summed E-state index contributed by atoms with van der Waals surface area (Å²) in [6.07, 6.45) is -4.43. The molecule has 2 aliphatic heterocycles. The average Bonchev–Trinajstić information content (AvgIpc) is 2.72. The molecule has 168 valence electrons. The Kier molecular flexibility index (Phi) is 5.92. The van der Waals surface area contributed by atoms with Crippen molar-refractivity contribution in [3.05, 3.63) is 52.1 Å². The zero-order chi connectivity index (χ0) is 22.2. The Bertz CT molecular complexity index is 977. The topological polar surface area (TPSA) is 50.6 Å². The Morgan fingerprint density at radius 1 is 1.19 bits per heavy atom. The Morgan fingerprint density at radius 3 is 2.61 bits per heavy atom. The molecule has 31 heavy (non-hydrogen) atoms. The SMILES string of the molecule is C[C@@H]1COCCN1c1cc(=O)n2c(n1)N(CCc1ccc(F)cc1)C(C(F)(F)F)CC2. The first-order valence-electron chi connectivity index (χ1n) is 10.3. The van der Waals surface area contributed by atoms with E-state index in [0.717, 1.165) is 0 Å². The molecule has 2 aromatic rings. The van der Waals surface area contributed by atoms with Gasteiger partial charge in [-0.2, -0.15) is 18.2 Å². The molecular formula is C21H24F4N4O2. The fraction of sp³-hybridized carbons (Fsp3) is 0.524. The van der Waals surface area contributed by atoms with Gasteiger partial charge in [0, 0.05) is 25.7 Å². The van der Waals surface area contributed by atoms with Crippen LogP contribution < -0.4 is 15.4 Å². The summed E-state index contributed by atoms with van der Waals surface area (Å²) < 4.78 is 61.4. The zero-order valence-corrected chi connectivity index (χ0v) is 17.1. The van der Waals surface area contributed by atoms with E-state index < -0.39 is 18.0 Å². The summed E-state index contributed by atoms with van der Waals surface area (Å²) in [6, 6.07) is 5.26. The van der Waals surface area contributed by atoms with Crippen LogP contribution in [-0.2, 0) is 17.7 Å². The first-order valence-corrected chi connectivity index (χ1v) is 10.3. The minimum Gasteiger partial charge on any atom is -0.377 e. The van der Waals surface area contributed by atoms with Crippen molar-refractivity contribution in [2.45, 2.75) is 44.6 Å². The van der Waals surface area contributed by atoms with E-state index in [2.05, 4.69) is 4.98 Å². The van der Waals surface area contributed by atoms with Crippen LogP contribution in [0.1, 0.15) is 18.9 Å². The first-order chi connectivity index (χ1) is 14.7. The molecule has 1 saturated heterocycles. The minimum absolute atomic E-state index is 0.00433. The Hall–Kier alpha value is -2.62. The maximum Gasteiger partial charge on any atom is 0.408 e. The standard InChI is InChI=1S/C21H24F4N4O2/c1-14-13-31-11-10-27(14)18-12-19(30)29-9-7-17(21(23,24)25)28(20(29)26-18)8-6-15-2-4-16(22)5-3-15/h2-5,12,14,17H,6-11,13H2,1H3/t14-,17?/m1/s1. The van der Waals surface area contributed by atoms with Gasteiger partial charge in [-0.25, -0.2) is 4.39 Å². The van der Waals surface area contributed by atoms with Crippen molar-refractivity contribution in [3.8, 4) is 0 Å². The van der Waals surface area contributed by atoms with Crippen LogP contribution in [0, 0.1) is 5.82 Å². The maximum atomic E-state index is 13.8. The molecule has 1 aromatic carbocycles. The fourth-order valence-electron chi connectivity index (χ4n) is 4.17. The van der Waals surface area contributed by atoms with Crippen LogP contribution in [0.4, 0.5) is 29.3 Å². The smallest absolute Gasteiger partial charge is 0.377 e. The molecule has 0 radical (unpaired) electrons. The molecule has 0 N–H and O–H groups in total. The lowest BCUT2D eigenvalue weighted by molar-refractivity contribution is -0.152. The van der Waals surface area contributed by atoms with Crippen LogP contribution in [0.5, 0.6) is 0 Å². The predicted molar refractivity (Wildman–Crippen MR) is 108 cm³/mol. The number of aromatic nitrogens is 2. The van der Waals surface area contributed by atoms with Gasteiger partial charge in [0.15, 0.2) is 0 Å². The highest BCUT2D eigenvalue weighted by molar-refractivity contribution is 5.47. The second-order valence-corrected chi connectivity index (χ2v) is 7.94. The largest absolute Gasteiger partial charge is 0.408 e. The third kappa shape index (κ3) is 4.53. The Morgan fingerprint density at radius 2 is 1.94 bits per heavy atom. The van der Waals surface area contributed by atoms with E-state index in [1.54, 1.807) is 12.1 Å². The van der Waals surface area contributed by atoms with Crippen molar-refractivity contribution >= 4 is 11.8 Å². The van der Waals surface area contributed by atoms with E-state index in [-0.39, 0.29) is 43.5 Å². The van der Waals surface area contributed by atoms with Crippen LogP contribution in [-0.4, -0.2) is 54.1 Å². The Labute approximate surface area is 177 Å². The van der Waals surface area contributed by atoms with Gasteiger partial charge >= 0.3 is 6.18 Å². The molecule has 1 unspecified atom stereocenters. The van der Waals surface area contributed by atoms with Crippen molar-refractivity contribution < 1.29 is 22.3 Å². The molecule has 4 rings (SSSR count). The number of benzene rings is 1. The van der Waals surface area contributed by atoms with Gasteiger partial charge in [-0.3, -0.25) is 9.36 Å². The monoisotopic (exact) mass is 440 g/mol. The van der Waals surface area contributed by atoms with Crippen molar-refractivity contribution in [2.75, 3.05) is 36.1 Å². The van der Waals surface area contributed by atoms with Crippen LogP contribution in [0.15, 0.2) is 35.1 Å². The number of nitrogens with zero attached hydrogens (tertiary/aromatic N) is 4. The number of halogens is 4. The summed E-state index contributed by atoms with van der Waals surface area (Å²) in [4.78, 5) is 20.3. The van der Waals surface area contributed by atoms with E-state index in [4.69, 9.17) is 4.74 Å². The first kappa shape index (κ1) is 21.6. The molecule has 10 heteroatoms. The number of anilines is 2. The summed E-state index contributed by atoms with van der Waals surface area (Å²) >= 11 is 0. The number of hydrogen-bond acceptors (Lipinski definition) is 5. The third-order valence-electron chi connectivity index (χ3n) is 5.83. The maximum absolute atomic E-state index is 13.8. The molecule has 2 atom stereocenters. The van der Waals surface area contributed by atoms with Crippen molar-refractivity contribution in [1.29, 1.82) is 0 Å². The summed E-state index contributed by atoms with van der Waals surface area (Å²) in [5.41, 5.74) is 0.339. The molecule has 0 aliphatic carbocycles. The number of ether oxygens (including phenoxy) is 1. The van der Waals surface area contributed by atoms with Crippen LogP contribution in [0.25, 0.3) is 0 Å². The van der Waals surface area contributed by atoms with Gasteiger partial charge in [0.25, 0.3) is 5.56 Å². The van der Waals surface area contributed by atoms with E-state index in [0.29, 0.717) is 31.1 Å². The summed E-state index contributed by atoms with van der Waals surface area (Å²) in [7, 11) is 0. The summed E-state index contributed by atoms with van der Waals surface area (Å²) in [5.74, 6) is -0.0173. The molecule has 2 aliphatic rings. The number of alkyl halides is 3. The van der Waals surface area contributed by atoms with E-state index in [1.807, 2.05) is 11.8 Å². The molecular weight excluding hydrogens is 416 g/mol. The Balaban J connectivity index is 1.70. The van der Waals surface area contributed by atoms with E-state index in [1.165, 1.54) is 27.7 Å². The summed E-state index contributed by atoms with van der Waals surface area (Å²) in [5, 5.41) is 0. The minimum atomic E-state index is -4.46. The second-order valence-electron chi connectivity index (χ2n) is 7.94. The average molecular weight is 440 g/mol. The van der Waals surface area contributed by atoms with E-state index >= 15 is 0 Å². The van der Waals surface area contributed by atoms with Crippen LogP contribution in [0.3, 0.4) is 0 Å².